The number of para-hydroxylation sites is 1. The van der Waals surface area contributed by atoms with E-state index in [0.29, 0.717) is 33.7 Å². The van der Waals surface area contributed by atoms with Crippen LogP contribution in [0.25, 0.3) is 5.03 Å². The van der Waals surface area contributed by atoms with Gasteiger partial charge in [0.25, 0.3) is 0 Å². The summed E-state index contributed by atoms with van der Waals surface area (Å²) in [5, 5.41) is 13.7. The van der Waals surface area contributed by atoms with Crippen molar-refractivity contribution in [3.8, 4) is 23.3 Å². The molecule has 0 bridgehead atoms. The number of thioether (sulfide) groups is 1. The Morgan fingerprint density at radius 3 is 2.33 bits per heavy atom. The summed E-state index contributed by atoms with van der Waals surface area (Å²) < 4.78 is 48.8. The first-order valence-electron chi connectivity index (χ1n) is 17.2. The molecule has 0 aromatic heterocycles. The van der Waals surface area contributed by atoms with Crippen LogP contribution in [0.3, 0.4) is 0 Å². The minimum atomic E-state index is -3.30. The van der Waals surface area contributed by atoms with Gasteiger partial charge in [-0.15, -0.1) is 11.8 Å². The van der Waals surface area contributed by atoms with Gasteiger partial charge in [-0.05, 0) is 111 Å². The molecule has 54 heavy (non-hydrogen) atoms. The molecular formula is C41H44Cl2FN2O6PS. The number of hydrogen-bond acceptors (Lipinski definition) is 8. The highest BCUT2D eigenvalue weighted by Crippen LogP contribution is 2.60. The summed E-state index contributed by atoms with van der Waals surface area (Å²) >= 11 is 14.1. The standard InChI is InChI=1S/C28H22Cl2FNO3.C13H22NO3PS/c1-28(2)21(15-22(30)17-8-11-19(29)12-9-17)26(28)27(33)35-25(16-32)18-10-13-23(31)24(14-18)34-20-6-4-3-5-7-20;1-6-16-18(15,14-10(2)3)17-12-7-8-13(19-5)11(4)9-12/h3-15,21,25-26H,1-2H3;7-10H,6H2,1-5H3,(H,14,15)/b22-15-;. The number of rotatable bonds is 14. The molecule has 0 spiro atoms. The van der Waals surface area contributed by atoms with Gasteiger partial charge in [-0.2, -0.15) is 5.26 Å². The Hall–Kier alpha value is -3.81. The molecule has 1 aliphatic rings. The van der Waals surface area contributed by atoms with Gasteiger partial charge in [0.2, 0.25) is 6.10 Å². The van der Waals surface area contributed by atoms with Gasteiger partial charge >= 0.3 is 13.7 Å². The third-order valence-corrected chi connectivity index (χ3v) is 11.9. The molecule has 8 nitrogen and oxygen atoms in total. The zero-order valence-corrected chi connectivity index (χ0v) is 34.4. The van der Waals surface area contributed by atoms with Crippen LogP contribution in [0.4, 0.5) is 4.39 Å². The Bertz CT molecular complexity index is 2020. The van der Waals surface area contributed by atoms with Gasteiger partial charge in [0.15, 0.2) is 11.6 Å². The fourth-order valence-corrected chi connectivity index (χ4v) is 8.18. The Morgan fingerprint density at radius 2 is 1.74 bits per heavy atom. The molecule has 4 aromatic carbocycles. The van der Waals surface area contributed by atoms with Crippen molar-refractivity contribution in [1.29, 1.82) is 5.26 Å². The van der Waals surface area contributed by atoms with Crippen LogP contribution in [-0.4, -0.2) is 24.9 Å². The topological polar surface area (TPSA) is 107 Å². The Kier molecular flexibility index (Phi) is 15.2. The van der Waals surface area contributed by atoms with Gasteiger partial charge in [-0.1, -0.05) is 79.5 Å². The number of hydrogen-bond donors (Lipinski definition) is 1. The monoisotopic (exact) mass is 812 g/mol. The second-order valence-electron chi connectivity index (χ2n) is 13.3. The Labute approximate surface area is 331 Å². The van der Waals surface area contributed by atoms with E-state index >= 15 is 0 Å². The first-order chi connectivity index (χ1) is 25.6. The highest BCUT2D eigenvalue weighted by atomic mass is 35.5. The lowest BCUT2D eigenvalue weighted by Crippen LogP contribution is -2.23. The van der Waals surface area contributed by atoms with Crippen molar-refractivity contribution in [2.24, 2.45) is 17.3 Å². The second-order valence-corrected chi connectivity index (χ2v) is 16.7. The van der Waals surface area contributed by atoms with Crippen LogP contribution < -0.4 is 14.3 Å². The summed E-state index contributed by atoms with van der Waals surface area (Å²) in [7, 11) is -3.30. The molecular weight excluding hydrogens is 769 g/mol. The molecule has 0 radical (unpaired) electrons. The fraction of sp³-hybridized carbons (Fsp3) is 0.317. The lowest BCUT2D eigenvalue weighted by atomic mass is 10.1. The Balaban J connectivity index is 0.000000290. The first-order valence-corrected chi connectivity index (χ1v) is 20.7. The molecule has 4 atom stereocenters. The van der Waals surface area contributed by atoms with Gasteiger partial charge in [0.05, 0.1) is 12.5 Å². The van der Waals surface area contributed by atoms with Gasteiger partial charge in [-0.25, -0.2) is 14.0 Å². The van der Waals surface area contributed by atoms with Crippen molar-refractivity contribution in [3.05, 3.63) is 125 Å². The molecule has 286 valence electrons. The summed E-state index contributed by atoms with van der Waals surface area (Å²) in [4.78, 5) is 14.2. The minimum Gasteiger partial charge on any atom is -0.454 e. The molecule has 0 heterocycles. The van der Waals surface area contributed by atoms with Gasteiger partial charge in [0, 0.05) is 26.6 Å². The van der Waals surface area contributed by atoms with Crippen molar-refractivity contribution >= 4 is 53.7 Å². The van der Waals surface area contributed by atoms with Gasteiger partial charge in [0.1, 0.15) is 17.6 Å². The maximum atomic E-state index is 14.3. The second kappa shape index (κ2) is 19.2. The number of aryl methyl sites for hydroxylation is 1. The molecule has 0 saturated heterocycles. The normalized spacial score (nSPS) is 17.6. The molecule has 1 aliphatic carbocycles. The smallest absolute Gasteiger partial charge is 0.454 e. The number of nitrogens with zero attached hydrogens (tertiary/aromatic N) is 1. The van der Waals surface area contributed by atoms with Crippen LogP contribution >= 0.6 is 42.7 Å². The van der Waals surface area contributed by atoms with Crippen LogP contribution in [0.15, 0.2) is 102 Å². The third-order valence-electron chi connectivity index (χ3n) is 8.50. The van der Waals surface area contributed by atoms with Crippen LogP contribution in [0.5, 0.6) is 17.2 Å². The lowest BCUT2D eigenvalue weighted by Gasteiger charge is -2.21. The molecule has 1 saturated carbocycles. The maximum Gasteiger partial charge on any atom is 0.458 e. The number of esters is 1. The van der Waals surface area contributed by atoms with Crippen LogP contribution in [0.2, 0.25) is 5.02 Å². The van der Waals surface area contributed by atoms with E-state index in [1.54, 1.807) is 67.2 Å². The van der Waals surface area contributed by atoms with E-state index in [0.717, 1.165) is 11.1 Å². The zero-order chi connectivity index (χ0) is 39.6. The van der Waals surface area contributed by atoms with E-state index in [-0.39, 0.29) is 17.7 Å². The average Bonchev–Trinajstić information content (AvgIpc) is 3.67. The van der Waals surface area contributed by atoms with E-state index in [4.69, 9.17) is 41.7 Å². The number of carbonyl (C=O) groups is 1. The average molecular weight is 814 g/mol. The van der Waals surface area contributed by atoms with Gasteiger partial charge in [-0.3, -0.25) is 9.32 Å². The molecule has 4 aromatic rings. The van der Waals surface area contributed by atoms with Crippen molar-refractivity contribution in [2.45, 2.75) is 58.6 Å². The molecule has 5 rings (SSSR count). The predicted octanol–water partition coefficient (Wildman–Crippen LogP) is 12.2. The van der Waals surface area contributed by atoms with E-state index in [1.165, 1.54) is 23.1 Å². The van der Waals surface area contributed by atoms with Gasteiger partial charge < -0.3 is 14.0 Å². The van der Waals surface area contributed by atoms with Crippen LogP contribution in [-0.2, 0) is 18.6 Å². The van der Waals surface area contributed by atoms with Crippen molar-refractivity contribution in [3.63, 3.8) is 0 Å². The lowest BCUT2D eigenvalue weighted by molar-refractivity contribution is -0.149. The molecule has 0 aliphatic heterocycles. The Morgan fingerprint density at radius 1 is 1.06 bits per heavy atom. The zero-order valence-electron chi connectivity index (χ0n) is 31.1. The fourth-order valence-electron chi connectivity index (χ4n) is 5.66. The predicted molar refractivity (Wildman–Crippen MR) is 214 cm³/mol. The molecule has 4 unspecified atom stereocenters. The molecule has 0 amide bonds. The number of benzene rings is 4. The van der Waals surface area contributed by atoms with Crippen LogP contribution in [0, 0.1) is 41.3 Å². The molecule has 1 N–H and O–H groups in total. The first kappa shape index (κ1) is 42.9. The maximum absolute atomic E-state index is 14.3. The van der Waals surface area contributed by atoms with Crippen LogP contribution in [0.1, 0.15) is 57.4 Å². The number of nitriles is 1. The highest BCUT2D eigenvalue weighted by Gasteiger charge is 2.62. The third kappa shape index (κ3) is 11.6. The van der Waals surface area contributed by atoms with E-state index < -0.39 is 37.0 Å². The number of ether oxygens (including phenoxy) is 2. The highest BCUT2D eigenvalue weighted by molar-refractivity contribution is 7.98. The SMILES string of the molecule is CC1(C)C(/C=C(\Cl)c2ccc(Cl)cc2)C1C(=O)OC(C#N)c1ccc(F)c(Oc2ccccc2)c1.CCOP(=O)(NC(C)C)Oc1ccc(SC)c(C)c1. The summed E-state index contributed by atoms with van der Waals surface area (Å²) in [6.45, 7) is 11.8. The number of allylic oxidation sites excluding steroid dienone is 1. The summed E-state index contributed by atoms with van der Waals surface area (Å²) in [5.74, 6) is -0.805. The summed E-state index contributed by atoms with van der Waals surface area (Å²) in [5.41, 5.74) is 1.81. The van der Waals surface area contributed by atoms with E-state index in [2.05, 4.69) is 5.09 Å². The van der Waals surface area contributed by atoms with Crippen molar-refractivity contribution in [2.75, 3.05) is 12.9 Å². The summed E-state index contributed by atoms with van der Waals surface area (Å²) in [6.07, 6.45) is 2.64. The quantitative estimate of drug-likeness (QED) is 0.0756. The van der Waals surface area contributed by atoms with Crippen molar-refractivity contribution in [1.82, 2.24) is 5.09 Å². The van der Waals surface area contributed by atoms with E-state index in [1.807, 2.05) is 77.3 Å². The van der Waals surface area contributed by atoms with Crippen molar-refractivity contribution < 1.29 is 32.3 Å². The number of halogens is 3. The molecule has 1 fully saturated rings. The summed E-state index contributed by atoms with van der Waals surface area (Å²) in [6, 6.07) is 27.4. The molecule has 13 heteroatoms. The minimum absolute atomic E-state index is 0.0175. The number of nitrogens with one attached hydrogen (secondary N) is 1. The number of carbonyl (C=O) groups excluding carboxylic acids is 1. The van der Waals surface area contributed by atoms with E-state index in [9.17, 15) is 19.0 Å². The largest absolute Gasteiger partial charge is 0.458 e.